The zero-order chi connectivity index (χ0) is 84.3. The van der Waals surface area contributed by atoms with Gasteiger partial charge in [0.2, 0.25) is 11.8 Å². The Morgan fingerprint density at radius 1 is 0.551 bits per heavy atom. The number of likely N-dealkylation sites (tertiary alicyclic amines) is 2. The number of Topliss-reactive ketones (excluding diaryl/α,β-unsaturated/α-hetero) is 4. The van der Waals surface area contributed by atoms with Gasteiger partial charge in [-0.25, -0.2) is 9.97 Å². The number of ether oxygens (including phenoxy) is 2. The number of benzene rings is 6. The van der Waals surface area contributed by atoms with Crippen LogP contribution in [0.15, 0.2) is 196 Å². The topological polar surface area (TPSA) is 316 Å². The van der Waals surface area contributed by atoms with Crippen molar-refractivity contribution in [2.75, 3.05) is 46.4 Å². The first kappa shape index (κ1) is 89.4. The maximum absolute atomic E-state index is 13.1. The molecule has 10 aromatic rings. The predicted molar refractivity (Wildman–Crippen MR) is 460 cm³/mol. The zero-order valence-electron chi connectivity index (χ0n) is 68.4. The number of aryl methyl sites for hydroxylation is 4. The number of ketones is 4. The maximum atomic E-state index is 13.1. The lowest BCUT2D eigenvalue weighted by molar-refractivity contribution is -0.137. The lowest BCUT2D eigenvalue weighted by atomic mass is 9.88. The summed E-state index contributed by atoms with van der Waals surface area (Å²) >= 11 is 3.37. The summed E-state index contributed by atoms with van der Waals surface area (Å²) in [5.74, 6) is 1.40. The Morgan fingerprint density at radius 2 is 0.992 bits per heavy atom. The van der Waals surface area contributed by atoms with Gasteiger partial charge in [0.25, 0.3) is 11.1 Å². The molecule has 0 spiro atoms. The lowest BCUT2D eigenvalue weighted by Gasteiger charge is -2.31. The number of H-pyrrole nitrogens is 2. The first-order valence-electron chi connectivity index (χ1n) is 41.0. The molecule has 26 heteroatoms. The Balaban J connectivity index is 0.000000176. The minimum atomic E-state index is -1.00. The fraction of sp³-hybridized carbons (Fsp3) is 0.413. The average molecular weight is 1680 g/mol. The number of piperidine rings is 3. The molecule has 0 bridgehead atoms. The van der Waals surface area contributed by atoms with E-state index in [4.69, 9.17) is 16.0 Å². The summed E-state index contributed by atoms with van der Waals surface area (Å²) in [6.45, 7) is 18.4. The number of hydrogen-bond donors (Lipinski definition) is 4. The second-order valence-electron chi connectivity index (χ2n) is 30.5. The summed E-state index contributed by atoms with van der Waals surface area (Å²) in [7, 11) is -1.00. The van der Waals surface area contributed by atoms with E-state index in [1.54, 1.807) is 24.3 Å². The summed E-state index contributed by atoms with van der Waals surface area (Å²) in [4.78, 5) is 132. The number of carboxylic acid groups (broad SMARTS) is 1. The molecule has 118 heavy (non-hydrogen) atoms. The molecule has 0 unspecified atom stereocenters. The number of aliphatic carboxylic acids is 1. The number of nitrogens with one attached hydrogen (secondary N) is 3. The molecule has 2 amide bonds. The summed E-state index contributed by atoms with van der Waals surface area (Å²) in [5.41, 5.74) is 8.06. The van der Waals surface area contributed by atoms with Crippen LogP contribution in [0.5, 0.6) is 0 Å². The Kier molecular flexibility index (Phi) is 33.4. The Hall–Kier alpha value is -10.9. The molecule has 0 saturated carbocycles. The van der Waals surface area contributed by atoms with Crippen molar-refractivity contribution in [2.45, 2.75) is 182 Å². The number of alkyl halides is 1. The van der Waals surface area contributed by atoms with E-state index in [9.17, 15) is 47.5 Å². The number of aliphatic imine (C=N–C) groups is 1. The lowest BCUT2D eigenvalue weighted by Crippen LogP contribution is -2.41. The van der Waals surface area contributed by atoms with Crippen molar-refractivity contribution in [2.24, 2.45) is 22.7 Å². The van der Waals surface area contributed by atoms with Gasteiger partial charge in [-0.15, -0.1) is 0 Å². The molecule has 15 rings (SSSR count). The molecule has 4 aromatic heterocycles. The van der Waals surface area contributed by atoms with E-state index in [1.165, 1.54) is 0 Å². The molecular formula is C92H110BrFN12O12. The minimum absolute atomic E-state index is 0. The number of carbonyl (C=O) groups is 7. The van der Waals surface area contributed by atoms with Crippen molar-refractivity contribution in [3.05, 3.63) is 241 Å². The van der Waals surface area contributed by atoms with E-state index in [0.29, 0.717) is 147 Å². The number of rotatable bonds is 22. The quantitative estimate of drug-likeness (QED) is 0.0458. The third-order valence-electron chi connectivity index (χ3n) is 21.9. The van der Waals surface area contributed by atoms with Crippen LogP contribution >= 0.6 is 15.9 Å². The molecule has 5 aliphatic heterocycles. The van der Waals surface area contributed by atoms with Crippen molar-refractivity contribution in [3.63, 3.8) is 0 Å². The molecular weight excluding hydrogens is 1560 g/mol. The monoisotopic (exact) mass is 1670 g/mol. The molecule has 4 fully saturated rings. The molecule has 9 heterocycles. The molecule has 0 aliphatic carbocycles. The van der Waals surface area contributed by atoms with E-state index in [0.717, 1.165) is 95.6 Å². The van der Waals surface area contributed by atoms with Gasteiger partial charge in [0.15, 0.2) is 29.4 Å². The molecule has 624 valence electrons. The van der Waals surface area contributed by atoms with Gasteiger partial charge < -0.3 is 39.7 Å². The summed E-state index contributed by atoms with van der Waals surface area (Å²) in [6, 6.07) is 46.5. The van der Waals surface area contributed by atoms with Gasteiger partial charge in [0.05, 0.1) is 59.6 Å². The van der Waals surface area contributed by atoms with E-state index < -0.39 is 13.1 Å². The van der Waals surface area contributed by atoms with E-state index in [1.807, 2.05) is 178 Å². The fourth-order valence-electron chi connectivity index (χ4n) is 14.5. The Morgan fingerprint density at radius 3 is 1.49 bits per heavy atom. The highest BCUT2D eigenvalue weighted by atomic mass is 79.9. The number of amides is 2. The van der Waals surface area contributed by atoms with Gasteiger partial charge in [0.1, 0.15) is 11.6 Å². The van der Waals surface area contributed by atoms with Crippen LogP contribution in [0.1, 0.15) is 205 Å². The number of fused-ring (bicyclic) bond motifs is 3. The van der Waals surface area contributed by atoms with Crippen LogP contribution in [0.4, 0.5) is 10.1 Å². The number of halogens is 2. The van der Waals surface area contributed by atoms with Gasteiger partial charge in [-0.05, 0) is 173 Å². The molecule has 0 radical (unpaired) electrons. The van der Waals surface area contributed by atoms with Gasteiger partial charge in [0, 0.05) is 152 Å². The maximum Gasteiger partial charge on any atom is 0.303 e. The van der Waals surface area contributed by atoms with E-state index >= 15 is 0 Å². The number of aromatic amines is 2. The highest BCUT2D eigenvalue weighted by molar-refractivity contribution is 9.10. The van der Waals surface area contributed by atoms with Crippen molar-refractivity contribution in [3.8, 4) is 11.1 Å². The summed E-state index contributed by atoms with van der Waals surface area (Å²) in [6.07, 6.45) is 16.8. The molecule has 4 N–H and O–H groups in total. The first-order chi connectivity index (χ1) is 56.8. The minimum Gasteiger partial charge on any atom is -0.481 e. The number of carbonyl (C=O) groups excluding carboxylic acids is 6. The van der Waals surface area contributed by atoms with Crippen molar-refractivity contribution >= 4 is 90.1 Å². The Bertz CT molecular complexity index is 5190. The summed E-state index contributed by atoms with van der Waals surface area (Å²) in [5, 5.41) is 21.5. The third-order valence-corrected chi connectivity index (χ3v) is 22.5. The largest absolute Gasteiger partial charge is 0.481 e. The van der Waals surface area contributed by atoms with E-state index in [2.05, 4.69) is 91.0 Å². The standard InChI is InChI=1S/C29H31N5O3.C25H26N2O3.C12H14BrNO.C12H12N2O3.C12H20N2O2.CH3F.CH4/c1-2-34-19-23(18-30-34)20-10-12-21(13-11-20)28(36)22-14-16-33(17-15-22)27(35)9-5-8-26-31-25-7-4-3-6-24(25)29(37)32-26;28-23-17-20(26-22-11-5-4-10-21(22)23)9-6-12-24(29)27-15-13-19(14-16-27)25(30)18-7-2-1-3-8-18;13-11-3-1-9(2-4-11)12(15)10-5-7-14-8-6-10;15-11(16)7-3-6-10-13-9-5-2-1-4-8(9)12(17)14-10;1-6-14-8-9(7-13-14)10-15-11(2,3)12(4,5)16-10;1-2;/h3-4,6-7,10-13,18-19,22H,2,5,8-9,14-17H2,1H3,(H,31,32,37);1-5,7-8,10-11,19H,6,9,12-17H2;1-4,10,14H,5-8H2;1-2,4-5H,3,6-7H2,(H,15,16)(H,13,14,17);7-8,10H,6H2,1-5H3;1H3;1H4/i;;;;;1D;. The van der Waals surface area contributed by atoms with Crippen LogP contribution in [0.3, 0.4) is 0 Å². The van der Waals surface area contributed by atoms with Gasteiger partial charge in [-0.3, -0.25) is 61.9 Å². The van der Waals surface area contributed by atoms with Crippen LogP contribution in [-0.4, -0.2) is 159 Å². The molecule has 6 aromatic carbocycles. The van der Waals surface area contributed by atoms with Gasteiger partial charge in [-0.2, -0.15) is 10.2 Å². The van der Waals surface area contributed by atoms with Crippen LogP contribution in [0.2, 0.25) is 0 Å². The Labute approximate surface area is 698 Å². The number of carboxylic acids is 1. The van der Waals surface area contributed by atoms with E-state index in [-0.39, 0.29) is 89.4 Å². The van der Waals surface area contributed by atoms with Crippen LogP contribution in [-0.2, 0) is 49.8 Å². The second kappa shape index (κ2) is 44.0. The van der Waals surface area contributed by atoms with Crippen molar-refractivity contribution in [1.82, 2.24) is 54.6 Å². The highest BCUT2D eigenvalue weighted by Crippen LogP contribution is 2.45. The predicted octanol–water partition coefficient (Wildman–Crippen LogP) is 16.6. The van der Waals surface area contributed by atoms with Crippen molar-refractivity contribution < 1.29 is 53.9 Å². The first-order valence-corrected chi connectivity index (χ1v) is 41.1. The molecule has 5 aliphatic rings. The number of aromatic nitrogens is 8. The number of hydrogen-bond acceptors (Lipinski definition) is 17. The molecule has 0 atom stereocenters. The normalized spacial score (nSPS) is 15.9. The SMILES string of the molecule is C.CCn1cc(-c2ccc(C(=O)C3CCN(C(=O)CCCc4nc5ccccc5c(=O)[nH]4)CC3)cc2)cn1.CCn1cc(C2OC(C)(C)C(C)(C)O2)cn1.O=C(O)CCCc1nc2ccccc2c(=O)[nH]1.O=C(c1ccc(Br)cc1)C1CCNCC1.O=C1CC(CCCC(=O)N2CCC(C(=O)c3ccccc3)CC2)=Nc2ccccc21.[2H]CF. The highest BCUT2D eigenvalue weighted by Gasteiger charge is 2.50. The number of para-hydroxylation sites is 3. The smallest absolute Gasteiger partial charge is 0.303 e. The van der Waals surface area contributed by atoms with Crippen LogP contribution < -0.4 is 16.4 Å². The second-order valence-corrected chi connectivity index (χ2v) is 31.4. The average Bonchev–Trinajstić information content (AvgIpc) is 1.62. The molecule has 4 saturated heterocycles. The fourth-order valence-corrected chi connectivity index (χ4v) is 14.7. The van der Waals surface area contributed by atoms with Crippen molar-refractivity contribution in [1.29, 1.82) is 0 Å². The number of nitrogens with zero attached hydrogens (tertiary/aromatic N) is 9. The summed E-state index contributed by atoms with van der Waals surface area (Å²) < 4.78 is 32.1. The van der Waals surface area contributed by atoms with Gasteiger partial charge >= 0.3 is 5.97 Å². The third kappa shape index (κ3) is 25.1. The van der Waals surface area contributed by atoms with Crippen LogP contribution in [0.25, 0.3) is 32.9 Å². The zero-order valence-corrected chi connectivity index (χ0v) is 69.0. The van der Waals surface area contributed by atoms with Crippen LogP contribution in [0, 0.1) is 17.8 Å². The van der Waals surface area contributed by atoms with Gasteiger partial charge in [-0.1, -0.05) is 126 Å². The molecule has 24 nitrogen and oxygen atoms in total.